The van der Waals surface area contributed by atoms with Crippen LogP contribution >= 0.6 is 0 Å². The average Bonchev–Trinajstić information content (AvgIpc) is 2.65. The van der Waals surface area contributed by atoms with Crippen molar-refractivity contribution in [3.63, 3.8) is 0 Å². The van der Waals surface area contributed by atoms with Gasteiger partial charge in [-0.1, -0.05) is 69.5 Å². The van der Waals surface area contributed by atoms with E-state index in [1.807, 2.05) is 43.3 Å². The van der Waals surface area contributed by atoms with Gasteiger partial charge in [0.15, 0.2) is 0 Å². The molecule has 0 unspecified atom stereocenters. The van der Waals surface area contributed by atoms with Gasteiger partial charge in [0.05, 0.1) is 0 Å². The number of benzene rings is 1. The molecule has 0 aliphatic carbocycles. The number of unbranched alkanes of at least 4 members (excludes halogenated alkanes) is 1. The summed E-state index contributed by atoms with van der Waals surface area (Å²) in [4.78, 5) is 30.0. The topological polar surface area (TPSA) is 112 Å². The van der Waals surface area contributed by atoms with E-state index < -0.39 is 17.9 Å². The summed E-state index contributed by atoms with van der Waals surface area (Å²) in [5.41, 5.74) is 1.42. The van der Waals surface area contributed by atoms with E-state index in [-0.39, 0.29) is 18.4 Å². The van der Waals surface area contributed by atoms with Gasteiger partial charge in [-0.2, -0.15) is 0 Å². The molecule has 0 amide bonds. The van der Waals surface area contributed by atoms with Gasteiger partial charge in [-0.05, 0) is 24.8 Å². The van der Waals surface area contributed by atoms with Gasteiger partial charge in [0, 0.05) is 17.6 Å². The Morgan fingerprint density at radius 2 is 1.37 bits per heavy atom. The van der Waals surface area contributed by atoms with Gasteiger partial charge < -0.3 is 15.3 Å². The van der Waals surface area contributed by atoms with Gasteiger partial charge in [0.2, 0.25) is 0 Å². The van der Waals surface area contributed by atoms with E-state index in [4.69, 9.17) is 15.3 Å². The number of hydrogen-bond acceptors (Lipinski definition) is 3. The number of aliphatic carboxylic acids is 3. The highest BCUT2D eigenvalue weighted by Crippen LogP contribution is 2.03. The molecule has 0 atom stereocenters. The number of rotatable bonds is 9. The molecule has 6 nitrogen and oxygen atoms in total. The second kappa shape index (κ2) is 16.3. The lowest BCUT2D eigenvalue weighted by Gasteiger charge is -1.95. The number of carboxylic acids is 3. The Labute approximate surface area is 160 Å². The van der Waals surface area contributed by atoms with Crippen molar-refractivity contribution in [2.75, 3.05) is 0 Å². The zero-order valence-corrected chi connectivity index (χ0v) is 15.7. The molecular formula is C21H28O6. The molecule has 6 heteroatoms. The number of hydrogen-bond donors (Lipinski definition) is 3. The van der Waals surface area contributed by atoms with Crippen molar-refractivity contribution in [2.24, 2.45) is 0 Å². The normalized spacial score (nSPS) is 8.78. The van der Waals surface area contributed by atoms with Crippen LogP contribution in [0.2, 0.25) is 0 Å². The molecule has 1 rings (SSSR count). The average molecular weight is 376 g/mol. The highest BCUT2D eigenvalue weighted by molar-refractivity contribution is 5.86. The summed E-state index contributed by atoms with van der Waals surface area (Å²) in [7, 11) is 0. The molecule has 0 aliphatic rings. The molecule has 0 aliphatic heterocycles. The molecule has 0 heterocycles. The molecule has 0 saturated heterocycles. The summed E-state index contributed by atoms with van der Waals surface area (Å²) >= 11 is 0. The van der Waals surface area contributed by atoms with E-state index in [0.29, 0.717) is 12.0 Å². The predicted molar refractivity (Wildman–Crippen MR) is 106 cm³/mol. The van der Waals surface area contributed by atoms with Crippen LogP contribution in [0.4, 0.5) is 0 Å². The van der Waals surface area contributed by atoms with E-state index in [1.165, 1.54) is 5.56 Å². The fraction of sp³-hybridized carbons (Fsp3) is 0.286. The first-order valence-corrected chi connectivity index (χ1v) is 8.37. The minimum atomic E-state index is -1.14. The quantitative estimate of drug-likeness (QED) is 0.541. The second-order valence-corrected chi connectivity index (χ2v) is 5.43. The van der Waals surface area contributed by atoms with Crippen molar-refractivity contribution < 1.29 is 29.7 Å². The van der Waals surface area contributed by atoms with E-state index in [9.17, 15) is 14.4 Å². The van der Waals surface area contributed by atoms with Crippen molar-refractivity contribution in [1.82, 2.24) is 0 Å². The Hall–Kier alpha value is -3.15. The zero-order valence-electron chi connectivity index (χ0n) is 15.7. The summed E-state index contributed by atoms with van der Waals surface area (Å²) in [6, 6.07) is 10.0. The molecule has 0 fully saturated rings. The second-order valence-electron chi connectivity index (χ2n) is 5.43. The lowest BCUT2D eigenvalue weighted by molar-refractivity contribution is -0.137. The van der Waals surface area contributed by atoms with Crippen molar-refractivity contribution in [2.45, 2.75) is 39.0 Å². The van der Waals surface area contributed by atoms with E-state index in [0.717, 1.165) is 12.8 Å². The Bertz CT molecular complexity index is 631. The van der Waals surface area contributed by atoms with Crippen LogP contribution in [0.25, 0.3) is 6.08 Å². The van der Waals surface area contributed by atoms with E-state index >= 15 is 0 Å². The molecule has 27 heavy (non-hydrogen) atoms. The summed E-state index contributed by atoms with van der Waals surface area (Å²) in [5.74, 6) is -3.02. The largest absolute Gasteiger partial charge is 0.481 e. The van der Waals surface area contributed by atoms with Crippen LogP contribution in [0, 0.1) is 0 Å². The maximum Gasteiger partial charge on any atom is 0.330 e. The van der Waals surface area contributed by atoms with E-state index in [1.54, 1.807) is 0 Å². The van der Waals surface area contributed by atoms with Crippen LogP contribution in [-0.4, -0.2) is 33.2 Å². The summed E-state index contributed by atoms with van der Waals surface area (Å²) < 4.78 is 0. The molecular weight excluding hydrogens is 348 g/mol. The van der Waals surface area contributed by atoms with Crippen LogP contribution in [0.3, 0.4) is 0 Å². The molecule has 0 saturated carbocycles. The standard InChI is InChI=1S/C8H8.C7H12O2.C6H8O4/c1-2-8-6-4-3-5-7-8;1-3-4-5-6(2)7(8)9;1-4(6(9)10)2-3-5(7)8/h2-7H,1H2;2-5H2,1H3,(H,8,9);1-3H2,(H,7,8)(H,9,10). The molecule has 1 aromatic rings. The van der Waals surface area contributed by atoms with Crippen LogP contribution in [0.15, 0.2) is 61.2 Å². The smallest absolute Gasteiger partial charge is 0.330 e. The first-order valence-electron chi connectivity index (χ1n) is 8.37. The minimum absolute atomic E-state index is 0.00463. The van der Waals surface area contributed by atoms with Gasteiger partial charge in [-0.3, -0.25) is 4.79 Å². The molecule has 0 radical (unpaired) electrons. The molecule has 148 valence electrons. The van der Waals surface area contributed by atoms with Gasteiger partial charge >= 0.3 is 17.9 Å². The van der Waals surface area contributed by atoms with Gasteiger partial charge in [0.25, 0.3) is 0 Å². The predicted octanol–water partition coefficient (Wildman–Crippen LogP) is 4.64. The number of carbonyl (C=O) groups is 3. The minimum Gasteiger partial charge on any atom is -0.481 e. The van der Waals surface area contributed by atoms with Crippen molar-refractivity contribution >= 4 is 24.0 Å². The maximum atomic E-state index is 10.1. The monoisotopic (exact) mass is 376 g/mol. The summed E-state index contributed by atoms with van der Waals surface area (Å²) in [6.45, 7) is 12.2. The Morgan fingerprint density at radius 3 is 1.70 bits per heavy atom. The van der Waals surface area contributed by atoms with Crippen LogP contribution in [-0.2, 0) is 14.4 Å². The van der Waals surface area contributed by atoms with Crippen molar-refractivity contribution in [3.05, 3.63) is 66.8 Å². The van der Waals surface area contributed by atoms with Gasteiger partial charge in [0.1, 0.15) is 0 Å². The maximum absolute atomic E-state index is 10.1. The zero-order chi connectivity index (χ0) is 21.2. The molecule has 0 aromatic heterocycles. The Morgan fingerprint density at radius 1 is 0.889 bits per heavy atom. The first kappa shape index (κ1) is 26.1. The Balaban J connectivity index is 0. The highest BCUT2D eigenvalue weighted by atomic mass is 16.4. The van der Waals surface area contributed by atoms with E-state index in [2.05, 4.69) is 19.7 Å². The number of carboxylic acid groups (broad SMARTS) is 3. The summed E-state index contributed by atoms with van der Waals surface area (Å²) in [6.07, 6.45) is 4.22. The van der Waals surface area contributed by atoms with Gasteiger partial charge in [-0.25, -0.2) is 9.59 Å². The summed E-state index contributed by atoms with van der Waals surface area (Å²) in [5, 5.41) is 24.6. The lowest BCUT2D eigenvalue weighted by atomic mass is 10.1. The third kappa shape index (κ3) is 17.5. The SMILES string of the molecule is C=C(CCC(=O)O)C(=O)O.C=C(CCCC)C(=O)O.C=Cc1ccccc1. The molecule has 0 spiro atoms. The fourth-order valence-corrected chi connectivity index (χ4v) is 1.45. The third-order valence-corrected chi connectivity index (χ3v) is 3.11. The molecule has 3 N–H and O–H groups in total. The van der Waals surface area contributed by atoms with Crippen molar-refractivity contribution in [1.29, 1.82) is 0 Å². The lowest BCUT2D eigenvalue weighted by Crippen LogP contribution is -2.02. The Kier molecular flexibility index (Phi) is 15.8. The third-order valence-electron chi connectivity index (χ3n) is 3.11. The highest BCUT2D eigenvalue weighted by Gasteiger charge is 2.05. The first-order chi connectivity index (χ1) is 12.6. The van der Waals surface area contributed by atoms with Gasteiger partial charge in [-0.15, -0.1) is 0 Å². The fourth-order valence-electron chi connectivity index (χ4n) is 1.45. The molecule has 0 bridgehead atoms. The molecule has 1 aromatic carbocycles. The van der Waals surface area contributed by atoms with Crippen LogP contribution < -0.4 is 0 Å². The van der Waals surface area contributed by atoms with Crippen LogP contribution in [0.1, 0.15) is 44.6 Å². The van der Waals surface area contributed by atoms with Crippen molar-refractivity contribution in [3.8, 4) is 0 Å². The van der Waals surface area contributed by atoms with Crippen LogP contribution in [0.5, 0.6) is 0 Å².